The third-order valence-electron chi connectivity index (χ3n) is 9.60. The van der Waals surface area contributed by atoms with Gasteiger partial charge in [0.25, 0.3) is 0 Å². The molecule has 212 valence electrons. The summed E-state index contributed by atoms with van der Waals surface area (Å²) < 4.78 is 0. The van der Waals surface area contributed by atoms with Crippen molar-refractivity contribution in [1.29, 1.82) is 0 Å². The van der Waals surface area contributed by atoms with Crippen LogP contribution in [0.1, 0.15) is 0 Å². The van der Waals surface area contributed by atoms with Crippen LogP contribution in [-0.4, -0.2) is 18.0 Å². The van der Waals surface area contributed by atoms with Gasteiger partial charge in [-0.25, -0.2) is 9.97 Å². The van der Waals surface area contributed by atoms with Gasteiger partial charge in [0.1, 0.15) is 8.07 Å². The molecule has 0 radical (unpaired) electrons. The largest absolute Gasteiger partial charge is 0.228 e. The minimum absolute atomic E-state index is 0.768. The Hall–Kier alpha value is -5.38. The number of benzene rings is 7. The summed E-state index contributed by atoms with van der Waals surface area (Å²) in [6.45, 7) is 4.99. The molecule has 1 aliphatic heterocycles. The molecule has 0 unspecified atom stereocenters. The molecule has 0 atom stereocenters. The summed E-state index contributed by atoms with van der Waals surface area (Å²) in [5, 5.41) is 10.5. The lowest BCUT2D eigenvalue weighted by molar-refractivity contribution is 1.20. The molecule has 0 saturated carbocycles. The number of fused-ring (bicyclic) bond motifs is 9. The summed E-state index contributed by atoms with van der Waals surface area (Å²) in [4.78, 5) is 11.1. The molecule has 0 spiro atoms. The highest BCUT2D eigenvalue weighted by atomic mass is 28.3. The van der Waals surface area contributed by atoms with Crippen LogP contribution in [0.25, 0.3) is 77.3 Å². The van der Waals surface area contributed by atoms with Crippen LogP contribution in [0.3, 0.4) is 0 Å². The molecule has 7 aromatic carbocycles. The number of rotatable bonds is 3. The van der Waals surface area contributed by atoms with Crippen LogP contribution >= 0.6 is 0 Å². The first-order valence-corrected chi connectivity index (χ1v) is 18.6. The number of nitrogens with zero attached hydrogens (tertiary/aromatic N) is 2. The summed E-state index contributed by atoms with van der Waals surface area (Å²) in [6.07, 6.45) is 0. The van der Waals surface area contributed by atoms with Crippen molar-refractivity contribution in [1.82, 2.24) is 9.97 Å². The molecule has 0 saturated heterocycles. The summed E-state index contributed by atoms with van der Waals surface area (Å²) in [5.41, 5.74) is 8.01. The first-order valence-electron chi connectivity index (χ1n) is 15.6. The predicted molar refractivity (Wildman–Crippen MR) is 193 cm³/mol. The molecule has 0 aliphatic carbocycles. The monoisotopic (exact) mass is 590 g/mol. The Labute approximate surface area is 263 Å². The zero-order chi connectivity index (χ0) is 30.1. The molecule has 1 aromatic heterocycles. The van der Waals surface area contributed by atoms with Gasteiger partial charge in [0, 0.05) is 16.7 Å². The maximum absolute atomic E-state index is 5.54. The van der Waals surface area contributed by atoms with Gasteiger partial charge in [-0.05, 0) is 59.9 Å². The van der Waals surface area contributed by atoms with Crippen LogP contribution in [0.4, 0.5) is 0 Å². The Bertz CT molecular complexity index is 2460. The molecule has 1 aliphatic rings. The predicted octanol–water partition coefficient (Wildman–Crippen LogP) is 9.74. The molecule has 0 N–H and O–H groups in total. The van der Waals surface area contributed by atoms with Crippen molar-refractivity contribution in [3.8, 4) is 45.0 Å². The maximum Gasteiger partial charge on any atom is 0.160 e. The van der Waals surface area contributed by atoms with Gasteiger partial charge in [0.2, 0.25) is 0 Å². The Morgan fingerprint density at radius 3 is 1.78 bits per heavy atom. The first-order chi connectivity index (χ1) is 22.1. The topological polar surface area (TPSA) is 25.8 Å². The van der Waals surface area contributed by atoms with E-state index in [2.05, 4.69) is 159 Å². The Kier molecular flexibility index (Phi) is 5.68. The molecule has 3 heteroatoms. The van der Waals surface area contributed by atoms with E-state index in [1.54, 1.807) is 0 Å². The van der Waals surface area contributed by atoms with E-state index in [1.165, 1.54) is 59.4 Å². The standard InChI is InChI=1S/C42H30N2Si/c1-45(2)40-36-24-11-9-22-33(36)32-21-8-10-23-34(32)37(40)39-41(45)38(35-25-13-17-28-16-6-7-20-31(28)35)43-42(44-39)30-19-12-18-29(26-30)27-14-4-3-5-15-27/h3-26H,1-2H3. The van der Waals surface area contributed by atoms with E-state index in [1.807, 2.05) is 0 Å². The Morgan fingerprint density at radius 1 is 0.422 bits per heavy atom. The van der Waals surface area contributed by atoms with E-state index < -0.39 is 8.07 Å². The van der Waals surface area contributed by atoms with Crippen LogP contribution in [-0.2, 0) is 0 Å². The van der Waals surface area contributed by atoms with Gasteiger partial charge in [-0.3, -0.25) is 0 Å². The van der Waals surface area contributed by atoms with Crippen LogP contribution in [0.2, 0.25) is 13.1 Å². The van der Waals surface area contributed by atoms with Gasteiger partial charge in [-0.15, -0.1) is 0 Å². The highest BCUT2D eigenvalue weighted by Crippen LogP contribution is 2.42. The molecule has 0 fully saturated rings. The van der Waals surface area contributed by atoms with Gasteiger partial charge in [-0.1, -0.05) is 153 Å². The molecule has 2 heterocycles. The van der Waals surface area contributed by atoms with Gasteiger partial charge in [0.15, 0.2) is 5.82 Å². The SMILES string of the molecule is C[Si]1(C)c2c(-c3cccc4ccccc34)nc(-c3cccc(-c4ccccc4)c3)nc2-c2c1c1ccccc1c1ccccc21. The van der Waals surface area contributed by atoms with E-state index in [0.29, 0.717) is 0 Å². The molecule has 0 bridgehead atoms. The third-order valence-corrected chi connectivity index (χ3v) is 13.1. The lowest BCUT2D eigenvalue weighted by atomic mass is 9.94. The number of aromatic nitrogens is 2. The second-order valence-corrected chi connectivity index (χ2v) is 16.8. The van der Waals surface area contributed by atoms with E-state index in [0.717, 1.165) is 28.3 Å². The van der Waals surface area contributed by atoms with E-state index in [-0.39, 0.29) is 0 Å². The van der Waals surface area contributed by atoms with Gasteiger partial charge < -0.3 is 0 Å². The van der Waals surface area contributed by atoms with Crippen molar-refractivity contribution in [2.75, 3.05) is 0 Å². The minimum Gasteiger partial charge on any atom is -0.228 e. The molecular weight excluding hydrogens is 561 g/mol. The van der Waals surface area contributed by atoms with Gasteiger partial charge in [0.05, 0.1) is 11.4 Å². The lowest BCUT2D eigenvalue weighted by Crippen LogP contribution is -2.50. The molecular formula is C42H30N2Si. The normalized spacial score (nSPS) is 13.3. The lowest BCUT2D eigenvalue weighted by Gasteiger charge is -2.24. The minimum atomic E-state index is -2.29. The van der Waals surface area contributed by atoms with Crippen molar-refractivity contribution in [3.63, 3.8) is 0 Å². The quantitative estimate of drug-likeness (QED) is 0.151. The van der Waals surface area contributed by atoms with Crippen molar-refractivity contribution in [2.45, 2.75) is 13.1 Å². The first kappa shape index (κ1) is 26.1. The van der Waals surface area contributed by atoms with E-state index in [9.17, 15) is 0 Å². The molecule has 8 aromatic rings. The molecule has 0 amide bonds. The van der Waals surface area contributed by atoms with E-state index >= 15 is 0 Å². The van der Waals surface area contributed by atoms with Gasteiger partial charge >= 0.3 is 0 Å². The van der Waals surface area contributed by atoms with Crippen molar-refractivity contribution in [2.24, 2.45) is 0 Å². The Balaban J connectivity index is 1.42. The second kappa shape index (κ2) is 9.81. The van der Waals surface area contributed by atoms with Crippen LogP contribution in [0.5, 0.6) is 0 Å². The summed E-state index contributed by atoms with van der Waals surface area (Å²) in [5.74, 6) is 0.768. The highest BCUT2D eigenvalue weighted by molar-refractivity contribution is 7.06. The zero-order valence-electron chi connectivity index (χ0n) is 25.3. The smallest absolute Gasteiger partial charge is 0.160 e. The zero-order valence-corrected chi connectivity index (χ0v) is 26.3. The maximum atomic E-state index is 5.54. The molecule has 9 rings (SSSR count). The third kappa shape index (κ3) is 3.87. The molecule has 45 heavy (non-hydrogen) atoms. The van der Waals surface area contributed by atoms with E-state index in [4.69, 9.17) is 9.97 Å². The number of hydrogen-bond donors (Lipinski definition) is 0. The average Bonchev–Trinajstić information content (AvgIpc) is 3.35. The fraction of sp³-hybridized carbons (Fsp3) is 0.0476. The van der Waals surface area contributed by atoms with Crippen molar-refractivity contribution in [3.05, 3.63) is 146 Å². The van der Waals surface area contributed by atoms with Crippen LogP contribution < -0.4 is 10.4 Å². The summed E-state index contributed by atoms with van der Waals surface area (Å²) in [6, 6.07) is 52.4. The number of hydrogen-bond acceptors (Lipinski definition) is 2. The van der Waals surface area contributed by atoms with Crippen molar-refractivity contribution < 1.29 is 0 Å². The second-order valence-electron chi connectivity index (χ2n) is 12.6. The fourth-order valence-electron chi connectivity index (χ4n) is 7.62. The average molecular weight is 591 g/mol. The summed E-state index contributed by atoms with van der Waals surface area (Å²) >= 11 is 0. The van der Waals surface area contributed by atoms with Gasteiger partial charge in [-0.2, -0.15) is 0 Å². The fourth-order valence-corrected chi connectivity index (χ4v) is 11.2. The molecule has 2 nitrogen and oxygen atoms in total. The van der Waals surface area contributed by atoms with Crippen molar-refractivity contribution >= 4 is 50.8 Å². The van der Waals surface area contributed by atoms with Crippen LogP contribution in [0.15, 0.2) is 146 Å². The Morgan fingerprint density at radius 2 is 0.978 bits per heavy atom. The highest BCUT2D eigenvalue weighted by Gasteiger charge is 2.44. The summed E-state index contributed by atoms with van der Waals surface area (Å²) in [7, 11) is -2.29. The van der Waals surface area contributed by atoms with Crippen LogP contribution in [0, 0.1) is 0 Å².